The van der Waals surface area contributed by atoms with E-state index in [1.54, 1.807) is 49.1 Å². The van der Waals surface area contributed by atoms with E-state index >= 15 is 0 Å². The average Bonchev–Trinajstić information content (AvgIpc) is 3.22. The molecule has 0 fully saturated rings. The maximum absolute atomic E-state index is 12.6. The third-order valence-corrected chi connectivity index (χ3v) is 4.88. The predicted molar refractivity (Wildman–Crippen MR) is 114 cm³/mol. The minimum atomic E-state index is -1.23. The Balaban J connectivity index is 1.74. The monoisotopic (exact) mass is 417 g/mol. The van der Waals surface area contributed by atoms with Gasteiger partial charge < -0.3 is 14.3 Å². The molecular weight excluding hydrogens is 398 g/mol. The number of furan rings is 1. The van der Waals surface area contributed by atoms with Crippen molar-refractivity contribution in [1.29, 1.82) is 0 Å². The number of carbonyl (C=O) groups is 2. The number of hydrogen-bond acceptors (Lipinski definition) is 6. The number of hydrogen-bond donors (Lipinski definition) is 1. The van der Waals surface area contributed by atoms with Crippen LogP contribution in [0.5, 0.6) is 0 Å². The standard InChI is InChI=1S/C23H19N3O5/c1-30-23(29)26(19(22(27)28)11-15-6-9-24-10-7-15)21-13-18-12-16(4-5-20(18)31-21)17-3-2-8-25-14-17/h2-10,12-14,19H,11H2,1H3,(H,27,28). The Bertz CT molecular complexity index is 1210. The zero-order valence-corrected chi connectivity index (χ0v) is 16.6. The summed E-state index contributed by atoms with van der Waals surface area (Å²) in [6.07, 6.45) is 5.81. The quantitative estimate of drug-likeness (QED) is 0.502. The van der Waals surface area contributed by atoms with Crippen LogP contribution in [0.4, 0.5) is 10.7 Å². The normalized spacial score (nSPS) is 11.8. The highest BCUT2D eigenvalue weighted by atomic mass is 16.5. The minimum Gasteiger partial charge on any atom is -0.480 e. The minimum absolute atomic E-state index is 0.0604. The molecule has 3 heterocycles. The van der Waals surface area contributed by atoms with Gasteiger partial charge in [0.25, 0.3) is 0 Å². The number of pyridine rings is 2. The molecule has 1 unspecified atom stereocenters. The van der Waals surface area contributed by atoms with Crippen molar-refractivity contribution in [2.75, 3.05) is 12.0 Å². The van der Waals surface area contributed by atoms with Gasteiger partial charge in [0.1, 0.15) is 11.6 Å². The lowest BCUT2D eigenvalue weighted by Crippen LogP contribution is -2.46. The molecule has 156 valence electrons. The molecule has 0 aliphatic carbocycles. The van der Waals surface area contributed by atoms with Crippen LogP contribution in [-0.2, 0) is 16.0 Å². The number of nitrogens with zero attached hydrogens (tertiary/aromatic N) is 3. The van der Waals surface area contributed by atoms with Gasteiger partial charge in [0, 0.05) is 48.2 Å². The second kappa shape index (κ2) is 8.66. The van der Waals surface area contributed by atoms with Crippen molar-refractivity contribution in [2.24, 2.45) is 0 Å². The van der Waals surface area contributed by atoms with E-state index in [9.17, 15) is 14.7 Å². The number of methoxy groups -OCH3 is 1. The number of fused-ring (bicyclic) bond motifs is 1. The van der Waals surface area contributed by atoms with Crippen LogP contribution in [0.2, 0.25) is 0 Å². The highest BCUT2D eigenvalue weighted by molar-refractivity contribution is 5.97. The van der Waals surface area contributed by atoms with Gasteiger partial charge in [-0.25, -0.2) is 14.5 Å². The van der Waals surface area contributed by atoms with Crippen LogP contribution >= 0.6 is 0 Å². The Labute approximate surface area is 177 Å². The molecule has 8 nitrogen and oxygen atoms in total. The van der Waals surface area contributed by atoms with Gasteiger partial charge in [-0.2, -0.15) is 0 Å². The highest BCUT2D eigenvalue weighted by Gasteiger charge is 2.34. The van der Waals surface area contributed by atoms with Crippen LogP contribution in [0.3, 0.4) is 0 Å². The molecule has 0 saturated carbocycles. The van der Waals surface area contributed by atoms with E-state index in [0.29, 0.717) is 11.1 Å². The number of anilines is 1. The van der Waals surface area contributed by atoms with Crippen LogP contribution < -0.4 is 4.90 Å². The van der Waals surface area contributed by atoms with Gasteiger partial charge in [0.15, 0.2) is 0 Å². The molecule has 4 rings (SSSR count). The smallest absolute Gasteiger partial charge is 0.417 e. The van der Waals surface area contributed by atoms with Crippen LogP contribution in [-0.4, -0.2) is 40.3 Å². The van der Waals surface area contributed by atoms with E-state index in [1.807, 2.05) is 24.3 Å². The fourth-order valence-corrected chi connectivity index (χ4v) is 3.36. The molecule has 0 radical (unpaired) electrons. The summed E-state index contributed by atoms with van der Waals surface area (Å²) in [5.74, 6) is -1.09. The molecule has 4 aromatic rings. The molecule has 0 aliphatic rings. The van der Waals surface area contributed by atoms with Crippen LogP contribution in [0.25, 0.3) is 22.1 Å². The predicted octanol–water partition coefficient (Wildman–Crippen LogP) is 4.16. The first-order chi connectivity index (χ1) is 15.1. The molecule has 0 spiro atoms. The molecule has 3 aromatic heterocycles. The lowest BCUT2D eigenvalue weighted by atomic mass is 10.1. The van der Waals surface area contributed by atoms with E-state index in [1.165, 1.54) is 7.11 Å². The van der Waals surface area contributed by atoms with Crippen LogP contribution in [0.1, 0.15) is 5.56 Å². The summed E-state index contributed by atoms with van der Waals surface area (Å²) >= 11 is 0. The average molecular weight is 417 g/mol. The maximum Gasteiger partial charge on any atom is 0.417 e. The van der Waals surface area contributed by atoms with Gasteiger partial charge in [-0.05, 0) is 41.5 Å². The number of benzene rings is 1. The number of ether oxygens (including phenoxy) is 1. The van der Waals surface area contributed by atoms with Crippen molar-refractivity contribution in [1.82, 2.24) is 9.97 Å². The van der Waals surface area contributed by atoms with Gasteiger partial charge in [-0.3, -0.25) is 9.97 Å². The third-order valence-electron chi connectivity index (χ3n) is 4.88. The molecule has 0 saturated heterocycles. The van der Waals surface area contributed by atoms with E-state index in [0.717, 1.165) is 21.4 Å². The Hall–Kier alpha value is -4.20. The van der Waals surface area contributed by atoms with E-state index in [2.05, 4.69) is 9.97 Å². The van der Waals surface area contributed by atoms with Crippen LogP contribution in [0.15, 0.2) is 77.7 Å². The molecule has 1 N–H and O–H groups in total. The molecular formula is C23H19N3O5. The van der Waals surface area contributed by atoms with Gasteiger partial charge >= 0.3 is 12.1 Å². The first-order valence-corrected chi connectivity index (χ1v) is 9.49. The van der Waals surface area contributed by atoms with E-state index in [-0.39, 0.29) is 12.3 Å². The Kier molecular flexibility index (Phi) is 5.61. The fraction of sp³-hybridized carbons (Fsp3) is 0.130. The Morgan fingerprint density at radius 1 is 1.06 bits per heavy atom. The first-order valence-electron chi connectivity index (χ1n) is 9.49. The molecule has 8 heteroatoms. The number of carboxylic acid groups (broad SMARTS) is 1. The first kappa shape index (κ1) is 20.1. The number of aromatic nitrogens is 2. The molecule has 1 amide bonds. The van der Waals surface area contributed by atoms with Crippen molar-refractivity contribution in [3.8, 4) is 11.1 Å². The summed E-state index contributed by atoms with van der Waals surface area (Å²) in [6.45, 7) is 0. The number of carboxylic acids is 1. The summed E-state index contributed by atoms with van der Waals surface area (Å²) < 4.78 is 10.7. The van der Waals surface area contributed by atoms with Gasteiger partial charge in [0.05, 0.1) is 7.11 Å². The third kappa shape index (κ3) is 4.23. The van der Waals surface area contributed by atoms with E-state index < -0.39 is 18.1 Å². The zero-order valence-electron chi connectivity index (χ0n) is 16.6. The number of aliphatic carboxylic acids is 1. The second-order valence-corrected chi connectivity index (χ2v) is 6.83. The highest BCUT2D eigenvalue weighted by Crippen LogP contribution is 2.32. The molecule has 1 aromatic carbocycles. The Morgan fingerprint density at radius 3 is 2.55 bits per heavy atom. The number of carbonyl (C=O) groups excluding carboxylic acids is 1. The number of amides is 1. The molecule has 0 bridgehead atoms. The van der Waals surface area contributed by atoms with Gasteiger partial charge in [-0.1, -0.05) is 12.1 Å². The topological polar surface area (TPSA) is 106 Å². The molecule has 1 atom stereocenters. The SMILES string of the molecule is COC(=O)N(c1cc2cc(-c3cccnc3)ccc2o1)C(Cc1ccncc1)C(=O)O. The summed E-state index contributed by atoms with van der Waals surface area (Å²) in [7, 11) is 1.20. The zero-order chi connectivity index (χ0) is 21.8. The van der Waals surface area contributed by atoms with Crippen molar-refractivity contribution in [2.45, 2.75) is 12.5 Å². The number of rotatable bonds is 6. The fourth-order valence-electron chi connectivity index (χ4n) is 3.36. The van der Waals surface area contributed by atoms with Gasteiger partial charge in [-0.15, -0.1) is 0 Å². The maximum atomic E-state index is 12.6. The van der Waals surface area contributed by atoms with Crippen molar-refractivity contribution in [3.05, 3.63) is 78.9 Å². The summed E-state index contributed by atoms with van der Waals surface area (Å²) in [6, 6.07) is 13.1. The van der Waals surface area contributed by atoms with Crippen molar-refractivity contribution < 1.29 is 23.8 Å². The van der Waals surface area contributed by atoms with Crippen LogP contribution in [0, 0.1) is 0 Å². The largest absolute Gasteiger partial charge is 0.480 e. The summed E-state index contributed by atoms with van der Waals surface area (Å²) in [5.41, 5.74) is 3.08. The molecule has 31 heavy (non-hydrogen) atoms. The summed E-state index contributed by atoms with van der Waals surface area (Å²) in [4.78, 5) is 33.7. The van der Waals surface area contributed by atoms with E-state index in [4.69, 9.17) is 9.15 Å². The van der Waals surface area contributed by atoms with Crippen molar-refractivity contribution in [3.63, 3.8) is 0 Å². The Morgan fingerprint density at radius 2 is 1.87 bits per heavy atom. The molecule has 0 aliphatic heterocycles. The lowest BCUT2D eigenvalue weighted by molar-refractivity contribution is -0.138. The second-order valence-electron chi connectivity index (χ2n) is 6.83. The van der Waals surface area contributed by atoms with Crippen molar-refractivity contribution >= 4 is 28.9 Å². The van der Waals surface area contributed by atoms with Gasteiger partial charge in [0.2, 0.25) is 5.88 Å². The summed E-state index contributed by atoms with van der Waals surface area (Å²) in [5, 5.41) is 10.6. The lowest BCUT2D eigenvalue weighted by Gasteiger charge is -2.25.